The Bertz CT molecular complexity index is 774. The van der Waals surface area contributed by atoms with Gasteiger partial charge in [-0.15, -0.1) is 0 Å². The fraction of sp³-hybridized carbons (Fsp3) is 0.0952. The second-order valence-corrected chi connectivity index (χ2v) is 6.64. The van der Waals surface area contributed by atoms with Gasteiger partial charge < -0.3 is 0 Å². The molecule has 0 atom stereocenters. The highest BCUT2D eigenvalue weighted by Gasteiger charge is 2.01. The van der Waals surface area contributed by atoms with E-state index < -0.39 is 0 Å². The molecule has 0 aliphatic carbocycles. The molecule has 0 amide bonds. The summed E-state index contributed by atoms with van der Waals surface area (Å²) in [6.45, 7) is 1.60. The Morgan fingerprint density at radius 2 is 1.26 bits per heavy atom. The molecule has 0 aliphatic rings. The maximum absolute atomic E-state index is 11.3. The lowest BCUT2D eigenvalue weighted by Crippen LogP contribution is -1.93. The molecule has 3 aromatic carbocycles. The van der Waals surface area contributed by atoms with E-state index in [1.165, 1.54) is 20.9 Å². The van der Waals surface area contributed by atoms with Gasteiger partial charge in [-0.3, -0.25) is 4.79 Å². The molecule has 0 radical (unpaired) electrons. The number of carbonyl (C=O) groups is 1. The van der Waals surface area contributed by atoms with E-state index in [9.17, 15) is 4.79 Å². The molecule has 0 N–H and O–H groups in total. The Kier molecular flexibility index (Phi) is 4.94. The van der Waals surface area contributed by atoms with Gasteiger partial charge in [0.15, 0.2) is 5.78 Å². The summed E-state index contributed by atoms with van der Waals surface area (Å²) in [6.07, 6.45) is 0.883. The molecular weight excluding hydrogens is 300 g/mol. The van der Waals surface area contributed by atoms with Crippen LogP contribution in [-0.4, -0.2) is 5.78 Å². The molecule has 3 rings (SSSR count). The van der Waals surface area contributed by atoms with Crippen LogP contribution in [0.15, 0.2) is 88.7 Å². The van der Waals surface area contributed by atoms with Crippen molar-refractivity contribution in [2.75, 3.05) is 0 Å². The largest absolute Gasteiger partial charge is 0.295 e. The minimum atomic E-state index is 0.110. The highest BCUT2D eigenvalue weighted by atomic mass is 32.2. The van der Waals surface area contributed by atoms with Crippen LogP contribution in [0.1, 0.15) is 28.4 Å². The van der Waals surface area contributed by atoms with Gasteiger partial charge in [-0.05, 0) is 48.7 Å². The minimum Gasteiger partial charge on any atom is -0.295 e. The number of Topliss-reactive ketones (excluding diaryl/α,β-unsaturated/α-hetero) is 1. The van der Waals surface area contributed by atoms with Gasteiger partial charge >= 0.3 is 0 Å². The lowest BCUT2D eigenvalue weighted by Gasteiger charge is -2.05. The second-order valence-electron chi connectivity index (χ2n) is 5.49. The molecular formula is C21H18OS. The molecule has 0 bridgehead atoms. The minimum absolute atomic E-state index is 0.110. The van der Waals surface area contributed by atoms with Gasteiger partial charge in [-0.25, -0.2) is 0 Å². The first kappa shape index (κ1) is 15.6. The smallest absolute Gasteiger partial charge is 0.159 e. The van der Waals surface area contributed by atoms with Crippen molar-refractivity contribution in [1.29, 1.82) is 0 Å². The Labute approximate surface area is 141 Å². The van der Waals surface area contributed by atoms with E-state index in [0.29, 0.717) is 0 Å². The van der Waals surface area contributed by atoms with Crippen molar-refractivity contribution >= 4 is 17.5 Å². The Morgan fingerprint density at radius 1 is 0.739 bits per heavy atom. The van der Waals surface area contributed by atoms with Crippen LogP contribution < -0.4 is 0 Å². The van der Waals surface area contributed by atoms with Crippen molar-refractivity contribution in [3.63, 3.8) is 0 Å². The van der Waals surface area contributed by atoms with Crippen molar-refractivity contribution < 1.29 is 4.79 Å². The lowest BCUT2D eigenvalue weighted by molar-refractivity contribution is 0.101. The molecule has 0 fully saturated rings. The molecule has 0 unspecified atom stereocenters. The molecule has 0 saturated carbocycles. The fourth-order valence-corrected chi connectivity index (χ4v) is 3.23. The number of ketones is 1. The zero-order valence-electron chi connectivity index (χ0n) is 13.0. The van der Waals surface area contributed by atoms with Gasteiger partial charge in [0.2, 0.25) is 0 Å². The summed E-state index contributed by atoms with van der Waals surface area (Å²) in [5.74, 6) is 0.110. The molecule has 0 spiro atoms. The van der Waals surface area contributed by atoms with Gasteiger partial charge in [-0.1, -0.05) is 66.4 Å². The third-order valence-electron chi connectivity index (χ3n) is 3.67. The van der Waals surface area contributed by atoms with Crippen LogP contribution in [0.4, 0.5) is 0 Å². The monoisotopic (exact) mass is 318 g/mol. The number of hydrogen-bond donors (Lipinski definition) is 0. The van der Waals surface area contributed by atoms with Crippen LogP contribution in [0.2, 0.25) is 0 Å². The highest BCUT2D eigenvalue weighted by molar-refractivity contribution is 7.99. The maximum atomic E-state index is 11.3. The molecule has 0 heterocycles. The highest BCUT2D eigenvalue weighted by Crippen LogP contribution is 2.27. The van der Waals surface area contributed by atoms with Gasteiger partial charge in [0.05, 0.1) is 0 Å². The zero-order valence-corrected chi connectivity index (χ0v) is 13.8. The van der Waals surface area contributed by atoms with Gasteiger partial charge in [0.1, 0.15) is 0 Å². The van der Waals surface area contributed by atoms with E-state index in [0.717, 1.165) is 12.0 Å². The van der Waals surface area contributed by atoms with E-state index in [2.05, 4.69) is 48.5 Å². The average Bonchev–Trinajstić information content (AvgIpc) is 2.58. The molecule has 3 aromatic rings. The fourth-order valence-electron chi connectivity index (χ4n) is 2.39. The van der Waals surface area contributed by atoms with Crippen LogP contribution in [-0.2, 0) is 6.42 Å². The van der Waals surface area contributed by atoms with Crippen LogP contribution in [0.5, 0.6) is 0 Å². The number of benzene rings is 3. The van der Waals surface area contributed by atoms with Gasteiger partial charge in [0, 0.05) is 15.4 Å². The van der Waals surface area contributed by atoms with Crippen molar-refractivity contribution in [2.24, 2.45) is 0 Å². The maximum Gasteiger partial charge on any atom is 0.159 e. The molecule has 0 aromatic heterocycles. The topological polar surface area (TPSA) is 17.1 Å². The Hall–Kier alpha value is -2.32. The third-order valence-corrected chi connectivity index (χ3v) is 4.69. The average molecular weight is 318 g/mol. The summed E-state index contributed by atoms with van der Waals surface area (Å²) in [7, 11) is 0. The molecule has 0 aliphatic heterocycles. The lowest BCUT2D eigenvalue weighted by atomic mass is 10.0. The number of hydrogen-bond acceptors (Lipinski definition) is 2. The summed E-state index contributed by atoms with van der Waals surface area (Å²) in [4.78, 5) is 13.8. The first-order valence-corrected chi connectivity index (χ1v) is 8.44. The number of carbonyl (C=O) groups excluding carboxylic acids is 1. The summed E-state index contributed by atoms with van der Waals surface area (Å²) in [5, 5.41) is 0. The second kappa shape index (κ2) is 7.30. The molecule has 114 valence electrons. The summed E-state index contributed by atoms with van der Waals surface area (Å²) in [6, 6.07) is 26.9. The Morgan fingerprint density at radius 3 is 1.83 bits per heavy atom. The zero-order chi connectivity index (χ0) is 16.1. The quantitative estimate of drug-likeness (QED) is 0.567. The predicted molar refractivity (Wildman–Crippen MR) is 96.3 cm³/mol. The standard InChI is InChI=1S/C21H18OS/c1-16(22)19-11-7-17(8-12-19)15-18-9-13-21(14-10-18)23-20-5-3-2-4-6-20/h2-14H,15H2,1H3. The van der Waals surface area contributed by atoms with Crippen molar-refractivity contribution in [1.82, 2.24) is 0 Å². The first-order valence-electron chi connectivity index (χ1n) is 7.62. The normalized spacial score (nSPS) is 10.5. The molecule has 23 heavy (non-hydrogen) atoms. The van der Waals surface area contributed by atoms with Crippen molar-refractivity contribution in [3.05, 3.63) is 95.6 Å². The van der Waals surface area contributed by atoms with E-state index in [-0.39, 0.29) is 5.78 Å². The van der Waals surface area contributed by atoms with Gasteiger partial charge in [-0.2, -0.15) is 0 Å². The van der Waals surface area contributed by atoms with E-state index in [1.54, 1.807) is 18.7 Å². The summed E-state index contributed by atoms with van der Waals surface area (Å²) >= 11 is 1.77. The Balaban J connectivity index is 1.66. The van der Waals surface area contributed by atoms with E-state index in [1.807, 2.05) is 30.3 Å². The SMILES string of the molecule is CC(=O)c1ccc(Cc2ccc(Sc3ccccc3)cc2)cc1. The third kappa shape index (κ3) is 4.33. The summed E-state index contributed by atoms with van der Waals surface area (Å²) < 4.78 is 0. The van der Waals surface area contributed by atoms with E-state index in [4.69, 9.17) is 0 Å². The molecule has 2 heteroatoms. The molecule has 0 saturated heterocycles. The van der Waals surface area contributed by atoms with Gasteiger partial charge in [0.25, 0.3) is 0 Å². The molecule has 1 nitrogen and oxygen atoms in total. The summed E-state index contributed by atoms with van der Waals surface area (Å²) in [5.41, 5.74) is 3.26. The first-order chi connectivity index (χ1) is 11.2. The number of rotatable bonds is 5. The van der Waals surface area contributed by atoms with Crippen LogP contribution >= 0.6 is 11.8 Å². The van der Waals surface area contributed by atoms with Crippen LogP contribution in [0.25, 0.3) is 0 Å². The predicted octanol–water partition coefficient (Wildman–Crippen LogP) is 5.63. The van der Waals surface area contributed by atoms with E-state index >= 15 is 0 Å². The van der Waals surface area contributed by atoms with Crippen molar-refractivity contribution in [2.45, 2.75) is 23.1 Å². The van der Waals surface area contributed by atoms with Crippen LogP contribution in [0.3, 0.4) is 0 Å². The van der Waals surface area contributed by atoms with Crippen molar-refractivity contribution in [3.8, 4) is 0 Å². The van der Waals surface area contributed by atoms with Crippen LogP contribution in [0, 0.1) is 0 Å².